The van der Waals surface area contributed by atoms with Crippen molar-refractivity contribution in [1.82, 2.24) is 14.7 Å². The van der Waals surface area contributed by atoms with Crippen LogP contribution in [0.5, 0.6) is 5.75 Å². The van der Waals surface area contributed by atoms with Crippen LogP contribution in [-0.2, 0) is 18.3 Å². The minimum absolute atomic E-state index is 0.00832. The highest BCUT2D eigenvalue weighted by Gasteiger charge is 2.39. The summed E-state index contributed by atoms with van der Waals surface area (Å²) in [6.07, 6.45) is 2.09. The van der Waals surface area contributed by atoms with Crippen LogP contribution >= 0.6 is 11.6 Å². The van der Waals surface area contributed by atoms with Gasteiger partial charge in [0.25, 0.3) is 5.91 Å². The second-order valence-electron chi connectivity index (χ2n) is 6.52. The van der Waals surface area contributed by atoms with E-state index in [9.17, 15) is 4.79 Å². The zero-order valence-corrected chi connectivity index (χ0v) is 14.6. The molecule has 0 unspecified atom stereocenters. The van der Waals surface area contributed by atoms with Gasteiger partial charge in [0, 0.05) is 25.6 Å². The Hall–Kier alpha value is -2.01. The summed E-state index contributed by atoms with van der Waals surface area (Å²) in [5.41, 5.74) is 2.96. The summed E-state index contributed by atoms with van der Waals surface area (Å²) in [4.78, 5) is 15.0. The highest BCUT2D eigenvalue weighted by Crippen LogP contribution is 2.39. The molecule has 126 valence electrons. The van der Waals surface area contributed by atoms with Gasteiger partial charge >= 0.3 is 0 Å². The van der Waals surface area contributed by atoms with Crippen molar-refractivity contribution in [3.05, 3.63) is 46.2 Å². The van der Waals surface area contributed by atoms with E-state index in [1.165, 1.54) is 0 Å². The second-order valence-corrected chi connectivity index (χ2v) is 6.88. The van der Waals surface area contributed by atoms with E-state index in [0.29, 0.717) is 11.6 Å². The number of carbonyl (C=O) groups excluding carboxylic acids is 1. The third-order valence-corrected chi connectivity index (χ3v) is 5.44. The predicted octanol–water partition coefficient (Wildman–Crippen LogP) is 3.05. The number of likely N-dealkylation sites (tertiary alicyclic amines) is 1. The Morgan fingerprint density at radius 1 is 1.38 bits per heavy atom. The number of para-hydroxylation sites is 1. The van der Waals surface area contributed by atoms with Gasteiger partial charge in [0.1, 0.15) is 10.9 Å². The molecule has 2 aliphatic heterocycles. The number of aromatic nitrogens is 2. The molecule has 0 bridgehead atoms. The van der Waals surface area contributed by atoms with Gasteiger partial charge in [-0.1, -0.05) is 29.8 Å². The first kappa shape index (κ1) is 15.5. The molecule has 0 N–H and O–H groups in total. The van der Waals surface area contributed by atoms with Gasteiger partial charge in [-0.2, -0.15) is 5.10 Å². The number of amides is 1. The average molecular weight is 346 g/mol. The molecular weight excluding hydrogens is 326 g/mol. The fourth-order valence-corrected chi connectivity index (χ4v) is 4.16. The van der Waals surface area contributed by atoms with Crippen LogP contribution in [0.1, 0.15) is 35.7 Å². The molecule has 4 rings (SSSR count). The van der Waals surface area contributed by atoms with Gasteiger partial charge in [0.2, 0.25) is 0 Å². The first-order valence-corrected chi connectivity index (χ1v) is 8.68. The van der Waals surface area contributed by atoms with Gasteiger partial charge in [0.05, 0.1) is 11.7 Å². The molecule has 0 saturated carbocycles. The highest BCUT2D eigenvalue weighted by molar-refractivity contribution is 6.30. The van der Waals surface area contributed by atoms with Crippen LogP contribution in [-0.4, -0.2) is 33.2 Å². The van der Waals surface area contributed by atoms with Crippen molar-refractivity contribution in [2.45, 2.75) is 38.3 Å². The normalized spacial score (nSPS) is 22.5. The van der Waals surface area contributed by atoms with E-state index in [1.807, 2.05) is 43.1 Å². The monoisotopic (exact) mass is 345 g/mol. The van der Waals surface area contributed by atoms with E-state index >= 15 is 0 Å². The van der Waals surface area contributed by atoms with Crippen molar-refractivity contribution in [1.29, 1.82) is 0 Å². The third kappa shape index (κ3) is 2.38. The Morgan fingerprint density at radius 3 is 2.88 bits per heavy atom. The molecule has 1 aromatic heterocycles. The minimum atomic E-state index is -0.432. The summed E-state index contributed by atoms with van der Waals surface area (Å²) in [5.74, 6) is 0.871. The molecule has 0 aliphatic carbocycles. The number of ether oxygens (including phenoxy) is 1. The maximum atomic E-state index is 13.1. The van der Waals surface area contributed by atoms with Crippen LogP contribution in [0.25, 0.3) is 0 Å². The molecular formula is C18H20ClN3O2. The van der Waals surface area contributed by atoms with Crippen molar-refractivity contribution in [3.63, 3.8) is 0 Å². The van der Waals surface area contributed by atoms with Crippen molar-refractivity contribution >= 4 is 17.5 Å². The molecule has 0 radical (unpaired) electrons. The van der Waals surface area contributed by atoms with Gasteiger partial charge < -0.3 is 9.64 Å². The Bertz CT molecular complexity index is 777. The van der Waals surface area contributed by atoms with E-state index in [4.69, 9.17) is 16.3 Å². The molecule has 6 heteroatoms. The van der Waals surface area contributed by atoms with Crippen molar-refractivity contribution in [3.8, 4) is 5.75 Å². The van der Waals surface area contributed by atoms with Crippen LogP contribution in [0.4, 0.5) is 0 Å². The first-order chi connectivity index (χ1) is 11.6. The number of hydrogen-bond donors (Lipinski definition) is 0. The molecule has 2 aliphatic rings. The molecule has 0 spiro atoms. The molecule has 1 aromatic carbocycles. The largest absolute Gasteiger partial charge is 0.480 e. The summed E-state index contributed by atoms with van der Waals surface area (Å²) in [6.45, 7) is 2.69. The van der Waals surface area contributed by atoms with E-state index in [-0.39, 0.29) is 11.9 Å². The number of fused-ring (bicyclic) bond motifs is 1. The number of benzene rings is 1. The molecule has 1 amide bonds. The van der Waals surface area contributed by atoms with Crippen LogP contribution in [0.15, 0.2) is 24.3 Å². The summed E-state index contributed by atoms with van der Waals surface area (Å²) in [7, 11) is 1.83. The number of aryl methyl sites for hydroxylation is 2. The number of hydrogen-bond acceptors (Lipinski definition) is 3. The summed E-state index contributed by atoms with van der Waals surface area (Å²) < 4.78 is 7.56. The highest BCUT2D eigenvalue weighted by atomic mass is 35.5. The Labute approximate surface area is 146 Å². The summed E-state index contributed by atoms with van der Waals surface area (Å²) >= 11 is 6.43. The van der Waals surface area contributed by atoms with Crippen LogP contribution < -0.4 is 4.74 Å². The van der Waals surface area contributed by atoms with E-state index in [1.54, 1.807) is 4.68 Å². The van der Waals surface area contributed by atoms with Crippen molar-refractivity contribution in [2.24, 2.45) is 7.05 Å². The molecule has 3 heterocycles. The number of halogens is 1. The van der Waals surface area contributed by atoms with E-state index in [0.717, 1.165) is 42.0 Å². The van der Waals surface area contributed by atoms with Gasteiger partial charge in [-0.15, -0.1) is 0 Å². The standard InChI is InChI=1S/C18H20ClN3O2/c1-11-16(17(19)21(2)20-11)13-7-5-9-22(13)18(23)15-10-12-6-3-4-8-14(12)24-15/h3-4,6,8,13,15H,5,7,9-10H2,1-2H3/t13-,15+/m1/s1. The predicted molar refractivity (Wildman–Crippen MR) is 91.2 cm³/mol. The van der Waals surface area contributed by atoms with Crippen molar-refractivity contribution in [2.75, 3.05) is 6.54 Å². The molecule has 1 saturated heterocycles. The molecule has 24 heavy (non-hydrogen) atoms. The quantitative estimate of drug-likeness (QED) is 0.840. The van der Waals surface area contributed by atoms with Gasteiger partial charge in [-0.25, -0.2) is 0 Å². The van der Waals surface area contributed by atoms with E-state index in [2.05, 4.69) is 5.10 Å². The smallest absolute Gasteiger partial charge is 0.264 e. The first-order valence-electron chi connectivity index (χ1n) is 8.30. The lowest BCUT2D eigenvalue weighted by atomic mass is 10.0. The molecule has 1 fully saturated rings. The zero-order chi connectivity index (χ0) is 16.8. The Kier molecular flexibility index (Phi) is 3.76. The van der Waals surface area contributed by atoms with E-state index < -0.39 is 6.10 Å². The second kappa shape index (κ2) is 5.81. The molecule has 2 aromatic rings. The fraction of sp³-hybridized carbons (Fsp3) is 0.444. The maximum absolute atomic E-state index is 13.1. The number of nitrogens with zero attached hydrogens (tertiary/aromatic N) is 3. The Balaban J connectivity index is 1.59. The number of rotatable bonds is 2. The molecule has 5 nitrogen and oxygen atoms in total. The van der Waals surface area contributed by atoms with Gasteiger partial charge in [-0.05, 0) is 31.4 Å². The lowest BCUT2D eigenvalue weighted by Crippen LogP contribution is -2.41. The maximum Gasteiger partial charge on any atom is 0.264 e. The molecule has 2 atom stereocenters. The zero-order valence-electron chi connectivity index (χ0n) is 13.8. The fourth-order valence-electron chi connectivity index (χ4n) is 3.86. The number of carbonyl (C=O) groups is 1. The average Bonchev–Trinajstić information content (AvgIpc) is 3.25. The summed E-state index contributed by atoms with van der Waals surface area (Å²) in [5, 5.41) is 5.01. The third-order valence-electron chi connectivity index (χ3n) is 4.99. The van der Waals surface area contributed by atoms with Crippen LogP contribution in [0.2, 0.25) is 5.15 Å². The topological polar surface area (TPSA) is 47.4 Å². The summed E-state index contributed by atoms with van der Waals surface area (Å²) in [6, 6.07) is 7.85. The van der Waals surface area contributed by atoms with Gasteiger partial charge in [0.15, 0.2) is 6.10 Å². The van der Waals surface area contributed by atoms with Crippen molar-refractivity contribution < 1.29 is 9.53 Å². The van der Waals surface area contributed by atoms with Crippen LogP contribution in [0.3, 0.4) is 0 Å². The van der Waals surface area contributed by atoms with Crippen LogP contribution in [0, 0.1) is 6.92 Å². The van der Waals surface area contributed by atoms with Gasteiger partial charge in [-0.3, -0.25) is 9.48 Å². The SMILES string of the molecule is Cc1nn(C)c(Cl)c1[C@H]1CCCN1C(=O)[C@@H]1Cc2ccccc2O1. The lowest BCUT2D eigenvalue weighted by Gasteiger charge is -2.27. The minimum Gasteiger partial charge on any atom is -0.480 e. The Morgan fingerprint density at radius 2 is 2.17 bits per heavy atom. The lowest BCUT2D eigenvalue weighted by molar-refractivity contribution is -0.138.